The summed E-state index contributed by atoms with van der Waals surface area (Å²) < 4.78 is 13.0. The van der Waals surface area contributed by atoms with Crippen LogP contribution >= 0.6 is 11.8 Å². The number of carboxylic acid groups (broad SMARTS) is 1. The SMILES string of the molecule is C[C@@H]1[C@H](CSCCO)O[C@H](c2ccc(-c3cccc(CNC(=O)CCC(=O)O)c3)cc2)O[C@@H]1c1ccc(CO)cc1. The van der Waals surface area contributed by atoms with Gasteiger partial charge in [-0.25, -0.2) is 0 Å². The van der Waals surface area contributed by atoms with Gasteiger partial charge in [0.25, 0.3) is 0 Å². The zero-order valence-corrected chi connectivity index (χ0v) is 23.9. The second-order valence-electron chi connectivity index (χ2n) is 10.1. The highest BCUT2D eigenvalue weighted by molar-refractivity contribution is 7.99. The maximum absolute atomic E-state index is 11.9. The van der Waals surface area contributed by atoms with Gasteiger partial charge < -0.3 is 30.1 Å². The zero-order chi connectivity index (χ0) is 29.2. The van der Waals surface area contributed by atoms with E-state index in [4.69, 9.17) is 14.6 Å². The molecule has 0 aliphatic carbocycles. The number of aliphatic hydroxyl groups is 2. The van der Waals surface area contributed by atoms with Gasteiger partial charge in [-0.2, -0.15) is 11.8 Å². The number of carbonyl (C=O) groups is 2. The highest BCUT2D eigenvalue weighted by Crippen LogP contribution is 2.42. The molecule has 1 aliphatic rings. The fourth-order valence-electron chi connectivity index (χ4n) is 4.78. The Kier molecular flexibility index (Phi) is 11.4. The van der Waals surface area contributed by atoms with Gasteiger partial charge in [0.1, 0.15) is 0 Å². The number of aliphatic hydroxyl groups excluding tert-OH is 2. The van der Waals surface area contributed by atoms with Gasteiger partial charge in [-0.3, -0.25) is 9.59 Å². The van der Waals surface area contributed by atoms with Crippen molar-refractivity contribution in [3.8, 4) is 11.1 Å². The van der Waals surface area contributed by atoms with Crippen molar-refractivity contribution >= 4 is 23.6 Å². The number of nitrogens with one attached hydrogen (secondary N) is 1. The zero-order valence-electron chi connectivity index (χ0n) is 23.1. The molecule has 41 heavy (non-hydrogen) atoms. The minimum absolute atomic E-state index is 0.00972. The van der Waals surface area contributed by atoms with Gasteiger partial charge in [0, 0.05) is 36.0 Å². The Hall–Kier alpha value is -3.21. The van der Waals surface area contributed by atoms with Gasteiger partial charge in [-0.1, -0.05) is 73.7 Å². The van der Waals surface area contributed by atoms with Gasteiger partial charge in [0.05, 0.1) is 31.8 Å². The third-order valence-electron chi connectivity index (χ3n) is 7.14. The quantitative estimate of drug-likeness (QED) is 0.212. The summed E-state index contributed by atoms with van der Waals surface area (Å²) in [4.78, 5) is 22.6. The second-order valence-corrected chi connectivity index (χ2v) is 11.3. The molecule has 8 nitrogen and oxygen atoms in total. The van der Waals surface area contributed by atoms with Crippen molar-refractivity contribution < 1.29 is 34.4 Å². The van der Waals surface area contributed by atoms with E-state index in [-0.39, 0.29) is 50.1 Å². The van der Waals surface area contributed by atoms with Gasteiger partial charge >= 0.3 is 5.97 Å². The molecule has 0 radical (unpaired) electrons. The summed E-state index contributed by atoms with van der Waals surface area (Å²) in [6.07, 6.45) is -1.06. The number of ether oxygens (including phenoxy) is 2. The first-order valence-corrected chi connectivity index (χ1v) is 14.9. The van der Waals surface area contributed by atoms with E-state index >= 15 is 0 Å². The van der Waals surface area contributed by atoms with Crippen molar-refractivity contribution in [1.82, 2.24) is 5.32 Å². The fraction of sp³-hybridized carbons (Fsp3) is 0.375. The monoisotopic (exact) mass is 579 g/mol. The third kappa shape index (κ3) is 8.64. The first kappa shape index (κ1) is 30.7. The topological polar surface area (TPSA) is 125 Å². The standard InChI is InChI=1S/C32H37NO7S/c1-21-28(20-41-16-15-34)39-32(40-31(21)25-7-5-22(19-35)6-8-25)26-11-9-24(10-12-26)27-4-2-3-23(17-27)18-33-29(36)13-14-30(37)38/h2-12,17,21,28,31-32,34-35H,13-16,18-20H2,1H3,(H,33,36)(H,37,38)/t21-,28+,31+,32+/m1/s1. The molecule has 1 amide bonds. The van der Waals surface area contributed by atoms with E-state index in [1.165, 1.54) is 0 Å². The van der Waals surface area contributed by atoms with Crippen LogP contribution in [0.4, 0.5) is 0 Å². The molecule has 4 rings (SSSR count). The van der Waals surface area contributed by atoms with Gasteiger partial charge in [0.2, 0.25) is 5.91 Å². The molecule has 3 aromatic rings. The summed E-state index contributed by atoms with van der Waals surface area (Å²) in [6.45, 7) is 2.56. The first-order chi connectivity index (χ1) is 19.9. The molecule has 0 aromatic heterocycles. The van der Waals surface area contributed by atoms with E-state index in [0.717, 1.165) is 39.1 Å². The van der Waals surface area contributed by atoms with Crippen LogP contribution in [0.25, 0.3) is 11.1 Å². The van der Waals surface area contributed by atoms with Crippen LogP contribution < -0.4 is 5.32 Å². The Morgan fingerprint density at radius 3 is 2.29 bits per heavy atom. The van der Waals surface area contributed by atoms with E-state index in [0.29, 0.717) is 12.3 Å². The normalized spacial score (nSPS) is 20.5. The lowest BCUT2D eigenvalue weighted by Crippen LogP contribution is -2.38. The number of benzene rings is 3. The number of amides is 1. The molecule has 0 unspecified atom stereocenters. The van der Waals surface area contributed by atoms with Crippen molar-refractivity contribution in [3.05, 3.63) is 95.1 Å². The third-order valence-corrected chi connectivity index (χ3v) is 8.18. The smallest absolute Gasteiger partial charge is 0.303 e. The van der Waals surface area contributed by atoms with E-state index in [1.54, 1.807) is 11.8 Å². The van der Waals surface area contributed by atoms with Crippen molar-refractivity contribution in [2.45, 2.75) is 51.4 Å². The predicted molar refractivity (Wildman–Crippen MR) is 158 cm³/mol. The highest BCUT2D eigenvalue weighted by atomic mass is 32.2. The molecule has 0 bridgehead atoms. The summed E-state index contributed by atoms with van der Waals surface area (Å²) in [5, 5.41) is 30.2. The Morgan fingerprint density at radius 1 is 0.878 bits per heavy atom. The van der Waals surface area contributed by atoms with E-state index in [9.17, 15) is 19.8 Å². The van der Waals surface area contributed by atoms with Gasteiger partial charge in [-0.05, 0) is 33.9 Å². The van der Waals surface area contributed by atoms with E-state index in [1.807, 2.05) is 72.8 Å². The molecule has 3 aromatic carbocycles. The van der Waals surface area contributed by atoms with Crippen LogP contribution in [0.5, 0.6) is 0 Å². The lowest BCUT2D eigenvalue weighted by atomic mass is 9.91. The molecular weight excluding hydrogens is 542 g/mol. The number of carbonyl (C=O) groups excluding carboxylic acids is 1. The molecular formula is C32H37NO7S. The van der Waals surface area contributed by atoms with Crippen LogP contribution in [0, 0.1) is 5.92 Å². The van der Waals surface area contributed by atoms with Crippen molar-refractivity contribution in [2.24, 2.45) is 5.92 Å². The van der Waals surface area contributed by atoms with Crippen LogP contribution in [0.2, 0.25) is 0 Å². The molecule has 4 atom stereocenters. The van der Waals surface area contributed by atoms with Crippen molar-refractivity contribution in [1.29, 1.82) is 0 Å². The predicted octanol–water partition coefficient (Wildman–Crippen LogP) is 4.84. The van der Waals surface area contributed by atoms with Crippen molar-refractivity contribution in [2.75, 3.05) is 18.1 Å². The van der Waals surface area contributed by atoms with E-state index < -0.39 is 12.3 Å². The average Bonchev–Trinajstić information content (AvgIpc) is 3.00. The summed E-state index contributed by atoms with van der Waals surface area (Å²) >= 11 is 1.66. The molecule has 1 saturated heterocycles. The minimum atomic E-state index is -0.993. The Labute approximate surface area is 244 Å². The second kappa shape index (κ2) is 15.1. The number of aliphatic carboxylic acids is 1. The van der Waals surface area contributed by atoms with Gasteiger partial charge in [0.15, 0.2) is 6.29 Å². The molecule has 9 heteroatoms. The summed E-state index contributed by atoms with van der Waals surface area (Å²) in [5.74, 6) is 0.189. The maximum atomic E-state index is 11.9. The lowest BCUT2D eigenvalue weighted by Gasteiger charge is -2.41. The van der Waals surface area contributed by atoms with Crippen LogP contribution in [0.1, 0.15) is 54.4 Å². The summed E-state index contributed by atoms with van der Waals surface area (Å²) in [6, 6.07) is 23.7. The first-order valence-electron chi connectivity index (χ1n) is 13.7. The number of thioether (sulfide) groups is 1. The molecule has 1 fully saturated rings. The van der Waals surface area contributed by atoms with Crippen molar-refractivity contribution in [3.63, 3.8) is 0 Å². The molecule has 4 N–H and O–H groups in total. The average molecular weight is 580 g/mol. The van der Waals surface area contributed by atoms with Crippen LogP contribution in [-0.2, 0) is 32.2 Å². The minimum Gasteiger partial charge on any atom is -0.481 e. The van der Waals surface area contributed by atoms with Gasteiger partial charge in [-0.15, -0.1) is 0 Å². The van der Waals surface area contributed by atoms with Crippen LogP contribution in [-0.4, -0.2) is 51.4 Å². The van der Waals surface area contributed by atoms with Crippen LogP contribution in [0.3, 0.4) is 0 Å². The maximum Gasteiger partial charge on any atom is 0.303 e. The molecule has 1 heterocycles. The molecule has 0 spiro atoms. The van der Waals surface area contributed by atoms with Crippen LogP contribution in [0.15, 0.2) is 72.8 Å². The van der Waals surface area contributed by atoms with E-state index in [2.05, 4.69) is 12.2 Å². The Bertz CT molecular complexity index is 1280. The number of hydrogen-bond acceptors (Lipinski definition) is 7. The Morgan fingerprint density at radius 2 is 1.61 bits per heavy atom. The largest absolute Gasteiger partial charge is 0.481 e. The number of hydrogen-bond donors (Lipinski definition) is 4. The highest BCUT2D eigenvalue weighted by Gasteiger charge is 2.38. The Balaban J connectivity index is 1.47. The fourth-order valence-corrected chi connectivity index (χ4v) is 5.69. The lowest BCUT2D eigenvalue weighted by molar-refractivity contribution is -0.268. The summed E-state index contributed by atoms with van der Waals surface area (Å²) in [7, 11) is 0. The molecule has 218 valence electrons. The number of rotatable bonds is 13. The summed E-state index contributed by atoms with van der Waals surface area (Å²) in [5.41, 5.74) is 5.69. The molecule has 1 aliphatic heterocycles. The number of carboxylic acids is 1. The molecule has 0 saturated carbocycles.